The minimum Gasteiger partial charge on any atom is -0.469 e. The van der Waals surface area contributed by atoms with Gasteiger partial charge in [-0.25, -0.2) is 0 Å². The van der Waals surface area contributed by atoms with Gasteiger partial charge in [-0.1, -0.05) is 32.0 Å². The maximum Gasteiger partial charge on any atom is 0.310 e. The van der Waals surface area contributed by atoms with Crippen molar-refractivity contribution in [1.29, 1.82) is 0 Å². The summed E-state index contributed by atoms with van der Waals surface area (Å²) >= 11 is 0. The van der Waals surface area contributed by atoms with E-state index in [-0.39, 0.29) is 18.2 Å². The van der Waals surface area contributed by atoms with E-state index in [0.29, 0.717) is 30.6 Å². The fourth-order valence-corrected chi connectivity index (χ4v) is 7.14. The number of para-hydroxylation sites is 1. The van der Waals surface area contributed by atoms with Crippen molar-refractivity contribution < 1.29 is 37.8 Å². The van der Waals surface area contributed by atoms with Crippen molar-refractivity contribution in [1.82, 2.24) is 0 Å². The molecule has 2 aliphatic carbocycles. The number of ketones is 1. The number of hydrogen-bond acceptors (Lipinski definition) is 8. The molecule has 0 amide bonds. The van der Waals surface area contributed by atoms with Crippen LogP contribution < -0.4 is 0 Å². The van der Waals surface area contributed by atoms with Gasteiger partial charge < -0.3 is 18.6 Å². The van der Waals surface area contributed by atoms with Crippen LogP contribution in [0.15, 0.2) is 34.7 Å². The molecule has 186 valence electrons. The van der Waals surface area contributed by atoms with Crippen molar-refractivity contribution >= 4 is 34.7 Å². The minimum atomic E-state index is -1.06. The van der Waals surface area contributed by atoms with Gasteiger partial charge in [0.25, 0.3) is 0 Å². The SMILES string of the molecule is COC(=O)[C@@H]1C[C@H](OC(C)=O)C(=O)[C@H]2[C@@]1(C)CC[C@H]1C(=O)O[C@H](c3cc4ccccc4o3)C[C@]21C. The zero-order valence-corrected chi connectivity index (χ0v) is 20.4. The van der Waals surface area contributed by atoms with Crippen LogP contribution in [-0.2, 0) is 33.4 Å². The van der Waals surface area contributed by atoms with Crippen molar-refractivity contribution in [2.45, 2.75) is 58.7 Å². The molecule has 35 heavy (non-hydrogen) atoms. The lowest BCUT2D eigenvalue weighted by Gasteiger charge is -2.60. The van der Waals surface area contributed by atoms with Crippen molar-refractivity contribution in [3.05, 3.63) is 36.1 Å². The molecule has 8 nitrogen and oxygen atoms in total. The van der Waals surface area contributed by atoms with E-state index in [1.165, 1.54) is 14.0 Å². The molecule has 3 fully saturated rings. The first-order valence-electron chi connectivity index (χ1n) is 12.1. The number of ether oxygens (including phenoxy) is 3. The number of furan rings is 1. The average Bonchev–Trinajstić information content (AvgIpc) is 3.24. The molecule has 0 spiro atoms. The van der Waals surface area contributed by atoms with Gasteiger partial charge in [-0.15, -0.1) is 0 Å². The molecule has 2 saturated carbocycles. The first-order chi connectivity index (χ1) is 16.6. The van der Waals surface area contributed by atoms with Crippen LogP contribution in [0.1, 0.15) is 58.3 Å². The lowest BCUT2D eigenvalue weighted by molar-refractivity contribution is -0.211. The summed E-state index contributed by atoms with van der Waals surface area (Å²) in [6, 6.07) is 9.41. The molecule has 5 rings (SSSR count). The summed E-state index contributed by atoms with van der Waals surface area (Å²) in [6.45, 7) is 5.10. The van der Waals surface area contributed by atoms with Crippen LogP contribution in [0.4, 0.5) is 0 Å². The highest BCUT2D eigenvalue weighted by Gasteiger charge is 2.68. The van der Waals surface area contributed by atoms with Crippen LogP contribution in [0.2, 0.25) is 0 Å². The summed E-state index contributed by atoms with van der Waals surface area (Å²) in [7, 11) is 1.32. The molecule has 0 bridgehead atoms. The molecule has 1 aliphatic heterocycles. The second-order valence-electron chi connectivity index (χ2n) is 10.7. The number of esters is 3. The third kappa shape index (κ3) is 3.56. The average molecular weight is 483 g/mol. The number of hydrogen-bond donors (Lipinski definition) is 0. The summed E-state index contributed by atoms with van der Waals surface area (Å²) in [5, 5.41) is 0.897. The predicted octanol–water partition coefficient (Wildman–Crippen LogP) is 4.15. The van der Waals surface area contributed by atoms with E-state index in [1.54, 1.807) is 0 Å². The molecule has 0 radical (unpaired) electrons. The number of Topliss-reactive ketones (excluding diaryl/α,β-unsaturated/α-hetero) is 1. The smallest absolute Gasteiger partial charge is 0.310 e. The van der Waals surface area contributed by atoms with Gasteiger partial charge in [0.05, 0.1) is 18.9 Å². The van der Waals surface area contributed by atoms with Crippen LogP contribution in [0, 0.1) is 28.6 Å². The highest BCUT2D eigenvalue weighted by atomic mass is 16.6. The van der Waals surface area contributed by atoms with Gasteiger partial charge >= 0.3 is 17.9 Å². The van der Waals surface area contributed by atoms with Crippen LogP contribution in [-0.4, -0.2) is 36.9 Å². The Hall–Kier alpha value is -3.16. The molecule has 3 aliphatic rings. The van der Waals surface area contributed by atoms with Gasteiger partial charge in [-0.3, -0.25) is 19.2 Å². The largest absolute Gasteiger partial charge is 0.469 e. The molecule has 0 N–H and O–H groups in total. The third-order valence-corrected chi connectivity index (χ3v) is 8.66. The zero-order valence-electron chi connectivity index (χ0n) is 20.4. The second-order valence-corrected chi connectivity index (χ2v) is 10.7. The lowest BCUT2D eigenvalue weighted by Crippen LogP contribution is -2.64. The van der Waals surface area contributed by atoms with Crippen LogP contribution in [0.25, 0.3) is 11.0 Å². The van der Waals surface area contributed by atoms with Gasteiger partial charge in [-0.05, 0) is 42.2 Å². The first kappa shape index (κ1) is 23.6. The van der Waals surface area contributed by atoms with Gasteiger partial charge in [0, 0.05) is 24.6 Å². The van der Waals surface area contributed by atoms with E-state index in [4.69, 9.17) is 18.6 Å². The van der Waals surface area contributed by atoms with Gasteiger partial charge in [0.1, 0.15) is 11.3 Å². The molecule has 8 heteroatoms. The molecular formula is C27H30O8. The Bertz CT molecular complexity index is 1180. The van der Waals surface area contributed by atoms with E-state index in [9.17, 15) is 19.2 Å². The number of carbonyl (C=O) groups excluding carboxylic acids is 4. The van der Waals surface area contributed by atoms with Crippen LogP contribution in [0.5, 0.6) is 0 Å². The van der Waals surface area contributed by atoms with Crippen molar-refractivity contribution in [2.24, 2.45) is 28.6 Å². The maximum atomic E-state index is 13.9. The molecule has 1 aromatic heterocycles. The van der Waals surface area contributed by atoms with Gasteiger partial charge in [0.2, 0.25) is 0 Å². The predicted molar refractivity (Wildman–Crippen MR) is 123 cm³/mol. The standard InChI is InChI=1S/C27H30O8/c1-14(28)33-20-12-17(24(30)32-4)26(2)10-9-16-25(31)35-21(13-27(16,3)23(26)22(20)29)19-11-15-7-5-6-8-18(15)34-19/h5-8,11,16-17,20-21,23H,9-10,12-13H2,1-4H3/t16-,17-,20-,21-,23-,26-,27-/m0/s1. The Morgan fingerprint density at radius 3 is 2.54 bits per heavy atom. The second kappa shape index (κ2) is 8.21. The van der Waals surface area contributed by atoms with E-state index in [1.807, 2.05) is 44.2 Å². The number of cyclic esters (lactones) is 1. The lowest BCUT2D eigenvalue weighted by atomic mass is 9.43. The molecule has 7 atom stereocenters. The third-order valence-electron chi connectivity index (χ3n) is 8.66. The summed E-state index contributed by atoms with van der Waals surface area (Å²) in [6.07, 6.45) is -0.314. The Morgan fingerprint density at radius 2 is 1.86 bits per heavy atom. The molecule has 1 saturated heterocycles. The molecule has 1 aromatic carbocycles. The summed E-state index contributed by atoms with van der Waals surface area (Å²) < 4.78 is 22.4. The molecule has 2 aromatic rings. The van der Waals surface area contributed by atoms with Crippen molar-refractivity contribution in [2.75, 3.05) is 7.11 Å². The monoisotopic (exact) mass is 482 g/mol. The summed E-state index contributed by atoms with van der Waals surface area (Å²) in [5.74, 6) is -2.96. The number of benzene rings is 1. The fourth-order valence-electron chi connectivity index (χ4n) is 7.14. The maximum absolute atomic E-state index is 13.9. The summed E-state index contributed by atoms with van der Waals surface area (Å²) in [5.41, 5.74) is -0.885. The quantitative estimate of drug-likeness (QED) is 0.474. The van der Waals surface area contributed by atoms with E-state index >= 15 is 0 Å². The number of fused-ring (bicyclic) bond motifs is 4. The van der Waals surface area contributed by atoms with Crippen molar-refractivity contribution in [3.8, 4) is 0 Å². The zero-order chi connectivity index (χ0) is 25.1. The molecule has 2 heterocycles. The minimum absolute atomic E-state index is 0.0796. The Morgan fingerprint density at radius 1 is 1.11 bits per heavy atom. The Kier molecular flexibility index (Phi) is 5.53. The van der Waals surface area contributed by atoms with E-state index in [2.05, 4.69) is 0 Å². The fraction of sp³-hybridized carbons (Fsp3) is 0.556. The van der Waals surface area contributed by atoms with Crippen LogP contribution in [0.3, 0.4) is 0 Å². The summed E-state index contributed by atoms with van der Waals surface area (Å²) in [4.78, 5) is 51.9. The molecule has 0 unspecified atom stereocenters. The Labute approximate surface area is 203 Å². The van der Waals surface area contributed by atoms with Gasteiger partial charge in [-0.2, -0.15) is 0 Å². The van der Waals surface area contributed by atoms with E-state index < -0.39 is 52.7 Å². The highest BCUT2D eigenvalue weighted by molar-refractivity contribution is 5.93. The highest BCUT2D eigenvalue weighted by Crippen LogP contribution is 2.65. The molecular weight excluding hydrogens is 452 g/mol. The number of methoxy groups -OCH3 is 1. The first-order valence-corrected chi connectivity index (χ1v) is 12.1. The topological polar surface area (TPSA) is 109 Å². The number of rotatable bonds is 3. The van der Waals surface area contributed by atoms with E-state index in [0.717, 1.165) is 5.39 Å². The normalized spacial score (nSPS) is 36.6. The van der Waals surface area contributed by atoms with Gasteiger partial charge in [0.15, 0.2) is 18.0 Å². The number of carbonyl (C=O) groups is 4. The van der Waals surface area contributed by atoms with Crippen molar-refractivity contribution in [3.63, 3.8) is 0 Å². The van der Waals surface area contributed by atoms with Crippen LogP contribution >= 0.6 is 0 Å². The Balaban J connectivity index is 1.58.